The van der Waals surface area contributed by atoms with Crippen LogP contribution in [0.2, 0.25) is 6.55 Å². The van der Waals surface area contributed by atoms with Crippen molar-refractivity contribution in [2.75, 3.05) is 13.1 Å². The maximum atomic E-state index is 2.65. The summed E-state index contributed by atoms with van der Waals surface area (Å²) in [7, 11) is -1.80. The molecule has 0 saturated heterocycles. The van der Waals surface area contributed by atoms with Crippen LogP contribution >= 0.6 is 0 Å². The molecular formula is C17H23NSi. The molecule has 0 heterocycles. The van der Waals surface area contributed by atoms with E-state index in [1.807, 2.05) is 0 Å². The van der Waals surface area contributed by atoms with Gasteiger partial charge in [0.1, 0.15) is 0 Å². The summed E-state index contributed by atoms with van der Waals surface area (Å²) in [6.45, 7) is 9.19. The molecule has 0 aliphatic heterocycles. The van der Waals surface area contributed by atoms with Crippen molar-refractivity contribution in [3.63, 3.8) is 0 Å². The minimum Gasteiger partial charge on any atom is -0.317 e. The highest BCUT2D eigenvalue weighted by atomic mass is 28.3. The highest BCUT2D eigenvalue weighted by Gasteiger charge is 2.36. The number of hydrogen-bond donors (Lipinski definition) is 0. The van der Waals surface area contributed by atoms with Gasteiger partial charge in [0.15, 0.2) is 8.24 Å². The molecule has 0 fully saturated rings. The molecule has 0 saturated carbocycles. The third kappa shape index (κ3) is 2.65. The fourth-order valence-electron chi connectivity index (χ4n) is 2.91. The van der Waals surface area contributed by atoms with Gasteiger partial charge >= 0.3 is 0 Å². The van der Waals surface area contributed by atoms with E-state index in [-0.39, 0.29) is 0 Å². The Morgan fingerprint density at radius 3 is 1.42 bits per heavy atom. The van der Waals surface area contributed by atoms with Gasteiger partial charge in [0, 0.05) is 0 Å². The minimum atomic E-state index is -1.80. The van der Waals surface area contributed by atoms with E-state index >= 15 is 0 Å². The molecule has 2 heteroatoms. The third-order valence-electron chi connectivity index (χ3n) is 4.07. The van der Waals surface area contributed by atoms with Crippen LogP contribution in [0.25, 0.3) is 0 Å². The largest absolute Gasteiger partial charge is 0.317 e. The number of benzene rings is 2. The number of hydrogen-bond acceptors (Lipinski definition) is 1. The first-order valence-corrected chi connectivity index (χ1v) is 9.54. The van der Waals surface area contributed by atoms with Gasteiger partial charge in [-0.1, -0.05) is 74.5 Å². The van der Waals surface area contributed by atoms with Gasteiger partial charge in [-0.15, -0.1) is 0 Å². The summed E-state index contributed by atoms with van der Waals surface area (Å²) in [5, 5.41) is 2.98. The van der Waals surface area contributed by atoms with Gasteiger partial charge in [-0.2, -0.15) is 0 Å². The van der Waals surface area contributed by atoms with Crippen LogP contribution in [0.1, 0.15) is 13.8 Å². The molecule has 19 heavy (non-hydrogen) atoms. The summed E-state index contributed by atoms with van der Waals surface area (Å²) in [5.41, 5.74) is 0. The molecule has 0 aliphatic rings. The maximum Gasteiger partial charge on any atom is 0.189 e. The molecule has 100 valence electrons. The smallest absolute Gasteiger partial charge is 0.189 e. The molecule has 0 amide bonds. The van der Waals surface area contributed by atoms with Crippen LogP contribution in [0.15, 0.2) is 60.7 Å². The molecule has 1 nitrogen and oxygen atoms in total. The zero-order valence-electron chi connectivity index (χ0n) is 12.1. The Balaban J connectivity index is 2.57. The Kier molecular flexibility index (Phi) is 4.56. The lowest BCUT2D eigenvalue weighted by molar-refractivity contribution is 0.478. The van der Waals surface area contributed by atoms with E-state index in [0.29, 0.717) is 0 Å². The molecule has 0 aliphatic carbocycles. The molecule has 0 N–H and O–H groups in total. The fraction of sp³-hybridized carbons (Fsp3) is 0.294. The Bertz CT molecular complexity index is 452. The van der Waals surface area contributed by atoms with Crippen molar-refractivity contribution in [1.29, 1.82) is 0 Å². The molecule has 2 rings (SSSR count). The van der Waals surface area contributed by atoms with Gasteiger partial charge in [0.2, 0.25) is 0 Å². The van der Waals surface area contributed by atoms with E-state index in [0.717, 1.165) is 13.1 Å². The van der Waals surface area contributed by atoms with Gasteiger partial charge in [-0.05, 0) is 30.0 Å². The van der Waals surface area contributed by atoms with Crippen molar-refractivity contribution >= 4 is 18.6 Å². The van der Waals surface area contributed by atoms with E-state index in [4.69, 9.17) is 0 Å². The fourth-order valence-corrected chi connectivity index (χ4v) is 6.92. The first-order chi connectivity index (χ1) is 9.23. The van der Waals surface area contributed by atoms with Crippen LogP contribution < -0.4 is 10.4 Å². The summed E-state index contributed by atoms with van der Waals surface area (Å²) in [6, 6.07) is 22.0. The molecule has 2 aromatic rings. The lowest BCUT2D eigenvalue weighted by atomic mass is 10.4. The van der Waals surface area contributed by atoms with Crippen molar-refractivity contribution in [1.82, 2.24) is 4.57 Å². The van der Waals surface area contributed by atoms with Crippen molar-refractivity contribution < 1.29 is 0 Å². The van der Waals surface area contributed by atoms with Crippen molar-refractivity contribution in [2.24, 2.45) is 0 Å². The highest BCUT2D eigenvalue weighted by Crippen LogP contribution is 2.11. The highest BCUT2D eigenvalue weighted by molar-refractivity contribution is 6.99. The number of nitrogens with zero attached hydrogens (tertiary/aromatic N) is 1. The average Bonchev–Trinajstić information content (AvgIpc) is 2.50. The van der Waals surface area contributed by atoms with Gasteiger partial charge < -0.3 is 4.57 Å². The summed E-state index contributed by atoms with van der Waals surface area (Å²) in [5.74, 6) is 0. The third-order valence-corrected chi connectivity index (χ3v) is 8.88. The van der Waals surface area contributed by atoms with Crippen LogP contribution in [-0.4, -0.2) is 25.9 Å². The normalized spacial score (nSPS) is 11.8. The topological polar surface area (TPSA) is 3.24 Å². The SMILES string of the molecule is CCN(CC)[Si](C)(c1ccccc1)c1ccccc1. The van der Waals surface area contributed by atoms with Crippen molar-refractivity contribution in [2.45, 2.75) is 20.4 Å². The Morgan fingerprint density at radius 1 is 0.737 bits per heavy atom. The molecule has 0 aromatic heterocycles. The van der Waals surface area contributed by atoms with Crippen LogP contribution in [0.5, 0.6) is 0 Å². The van der Waals surface area contributed by atoms with Crippen LogP contribution in [0, 0.1) is 0 Å². The summed E-state index contributed by atoms with van der Waals surface area (Å²) < 4.78 is 2.65. The molecule has 0 radical (unpaired) electrons. The standard InChI is InChI=1S/C17H23NSi/c1-4-18(5-2)19(3,16-12-8-6-9-13-16)17-14-10-7-11-15-17/h6-15H,4-5H2,1-3H3. The zero-order valence-corrected chi connectivity index (χ0v) is 13.1. The molecule has 0 unspecified atom stereocenters. The van der Waals surface area contributed by atoms with Gasteiger partial charge in [-0.25, -0.2) is 0 Å². The van der Waals surface area contributed by atoms with E-state index in [1.165, 1.54) is 10.4 Å². The van der Waals surface area contributed by atoms with Gasteiger partial charge in [0.05, 0.1) is 0 Å². The molecule has 2 aromatic carbocycles. The first kappa shape index (κ1) is 14.0. The predicted octanol–water partition coefficient (Wildman–Crippen LogP) is 2.72. The van der Waals surface area contributed by atoms with E-state index in [1.54, 1.807) is 0 Å². The molecular weight excluding hydrogens is 246 g/mol. The van der Waals surface area contributed by atoms with Crippen LogP contribution in [-0.2, 0) is 0 Å². The Labute approximate surface area is 118 Å². The quantitative estimate of drug-likeness (QED) is 0.755. The average molecular weight is 269 g/mol. The Morgan fingerprint density at radius 2 is 1.11 bits per heavy atom. The second-order valence-electron chi connectivity index (χ2n) is 4.98. The number of rotatable bonds is 5. The van der Waals surface area contributed by atoms with E-state index < -0.39 is 8.24 Å². The van der Waals surface area contributed by atoms with E-state index in [2.05, 4.69) is 85.6 Å². The molecule has 0 bridgehead atoms. The van der Waals surface area contributed by atoms with Crippen LogP contribution in [0.3, 0.4) is 0 Å². The predicted molar refractivity (Wildman–Crippen MR) is 86.7 cm³/mol. The lowest BCUT2D eigenvalue weighted by Crippen LogP contribution is -2.68. The van der Waals surface area contributed by atoms with Gasteiger partial charge in [-0.3, -0.25) is 0 Å². The summed E-state index contributed by atoms with van der Waals surface area (Å²) >= 11 is 0. The van der Waals surface area contributed by atoms with Crippen LogP contribution in [0.4, 0.5) is 0 Å². The minimum absolute atomic E-state index is 1.10. The Hall–Kier alpha value is -1.38. The monoisotopic (exact) mass is 269 g/mol. The van der Waals surface area contributed by atoms with Crippen molar-refractivity contribution in [3.05, 3.63) is 60.7 Å². The maximum absolute atomic E-state index is 2.65. The second kappa shape index (κ2) is 6.18. The van der Waals surface area contributed by atoms with Gasteiger partial charge in [0.25, 0.3) is 0 Å². The second-order valence-corrected chi connectivity index (χ2v) is 8.91. The first-order valence-electron chi connectivity index (χ1n) is 7.09. The summed E-state index contributed by atoms with van der Waals surface area (Å²) in [6.07, 6.45) is 0. The lowest BCUT2D eigenvalue weighted by Gasteiger charge is -2.39. The van der Waals surface area contributed by atoms with E-state index in [9.17, 15) is 0 Å². The molecule has 0 atom stereocenters. The van der Waals surface area contributed by atoms with Crippen molar-refractivity contribution in [3.8, 4) is 0 Å². The molecule has 0 spiro atoms. The summed E-state index contributed by atoms with van der Waals surface area (Å²) in [4.78, 5) is 0. The zero-order chi connectivity index (χ0) is 13.7.